The summed E-state index contributed by atoms with van der Waals surface area (Å²) in [7, 11) is 0. The molecule has 2 N–H and O–H groups in total. The smallest absolute Gasteiger partial charge is 0.407 e. The Labute approximate surface area is 143 Å². The Kier molecular flexibility index (Phi) is 9.53. The maximum absolute atomic E-state index is 11.6. The molecule has 0 bridgehead atoms. The number of ether oxygens (including phenoxy) is 2. The Morgan fingerprint density at radius 2 is 1.88 bits per heavy atom. The zero-order valence-electron chi connectivity index (χ0n) is 14.4. The van der Waals surface area contributed by atoms with Crippen molar-refractivity contribution in [2.24, 2.45) is 11.8 Å². The molecule has 0 fully saturated rings. The van der Waals surface area contributed by atoms with Gasteiger partial charge in [-0.15, -0.1) is 0 Å². The molecule has 6 heteroatoms. The Morgan fingerprint density at radius 1 is 1.17 bits per heavy atom. The van der Waals surface area contributed by atoms with Crippen LogP contribution in [-0.2, 0) is 20.9 Å². The van der Waals surface area contributed by atoms with Crippen molar-refractivity contribution < 1.29 is 24.2 Å². The molecule has 0 radical (unpaired) electrons. The van der Waals surface area contributed by atoms with Crippen LogP contribution in [-0.4, -0.2) is 36.9 Å². The topological polar surface area (TPSA) is 84.9 Å². The average molecular weight is 337 g/mol. The van der Waals surface area contributed by atoms with Gasteiger partial charge in [-0.05, 0) is 23.8 Å². The number of carbonyl (C=O) groups is 2. The highest BCUT2D eigenvalue weighted by Gasteiger charge is 2.14. The standard InChI is InChI=1S/C18H27NO5/c1-14(2)11-23-12-16(10-17(20)21)8-9-19-18(22)24-13-15-6-4-3-5-7-15/h3-7,14,16H,8-13H2,1-2H3,(H,19,22)(H,20,21). The SMILES string of the molecule is CC(C)COCC(CCNC(=O)OCc1ccccc1)CC(=O)O. The third-order valence-corrected chi connectivity index (χ3v) is 3.30. The molecule has 0 aromatic heterocycles. The predicted octanol–water partition coefficient (Wildman–Crippen LogP) is 3.07. The molecule has 0 aliphatic rings. The van der Waals surface area contributed by atoms with Gasteiger partial charge in [-0.2, -0.15) is 0 Å². The van der Waals surface area contributed by atoms with E-state index in [9.17, 15) is 9.59 Å². The van der Waals surface area contributed by atoms with E-state index in [2.05, 4.69) is 5.32 Å². The number of rotatable bonds is 11. The largest absolute Gasteiger partial charge is 0.481 e. The van der Waals surface area contributed by atoms with E-state index in [0.717, 1.165) is 5.56 Å². The van der Waals surface area contributed by atoms with E-state index in [1.807, 2.05) is 44.2 Å². The van der Waals surface area contributed by atoms with Gasteiger partial charge in [0.2, 0.25) is 0 Å². The highest BCUT2D eigenvalue weighted by molar-refractivity contribution is 5.67. The number of alkyl carbamates (subject to hydrolysis) is 1. The minimum Gasteiger partial charge on any atom is -0.481 e. The molecule has 0 saturated heterocycles. The van der Waals surface area contributed by atoms with E-state index in [0.29, 0.717) is 32.1 Å². The lowest BCUT2D eigenvalue weighted by atomic mass is 10.0. The summed E-state index contributed by atoms with van der Waals surface area (Å²) in [4.78, 5) is 22.5. The summed E-state index contributed by atoms with van der Waals surface area (Å²) in [6.45, 7) is 5.63. The first-order chi connectivity index (χ1) is 11.5. The highest BCUT2D eigenvalue weighted by atomic mass is 16.5. The van der Waals surface area contributed by atoms with Crippen LogP contribution in [0.5, 0.6) is 0 Å². The molecule has 134 valence electrons. The van der Waals surface area contributed by atoms with Gasteiger partial charge in [0.25, 0.3) is 0 Å². The fourth-order valence-corrected chi connectivity index (χ4v) is 2.11. The second-order valence-corrected chi connectivity index (χ2v) is 6.17. The molecule has 0 spiro atoms. The summed E-state index contributed by atoms with van der Waals surface area (Å²) in [5, 5.41) is 11.6. The summed E-state index contributed by atoms with van der Waals surface area (Å²) in [5.74, 6) is -0.586. The van der Waals surface area contributed by atoms with Crippen molar-refractivity contribution in [3.8, 4) is 0 Å². The first-order valence-corrected chi connectivity index (χ1v) is 8.21. The summed E-state index contributed by atoms with van der Waals surface area (Å²) in [5.41, 5.74) is 0.915. The minimum absolute atomic E-state index is 0.0266. The van der Waals surface area contributed by atoms with Crippen LogP contribution in [0.1, 0.15) is 32.3 Å². The fourth-order valence-electron chi connectivity index (χ4n) is 2.11. The van der Waals surface area contributed by atoms with E-state index in [4.69, 9.17) is 14.6 Å². The first-order valence-electron chi connectivity index (χ1n) is 8.21. The van der Waals surface area contributed by atoms with Crippen molar-refractivity contribution in [2.75, 3.05) is 19.8 Å². The molecule has 0 saturated carbocycles. The van der Waals surface area contributed by atoms with E-state index < -0.39 is 12.1 Å². The van der Waals surface area contributed by atoms with Crippen LogP contribution in [0.4, 0.5) is 4.79 Å². The normalized spacial score (nSPS) is 12.0. The van der Waals surface area contributed by atoms with Gasteiger partial charge < -0.3 is 19.9 Å². The van der Waals surface area contributed by atoms with Gasteiger partial charge in [0, 0.05) is 13.2 Å². The van der Waals surface area contributed by atoms with Gasteiger partial charge in [0.05, 0.1) is 13.0 Å². The first kappa shape index (κ1) is 20.0. The second-order valence-electron chi connectivity index (χ2n) is 6.17. The van der Waals surface area contributed by atoms with Crippen molar-refractivity contribution in [1.29, 1.82) is 0 Å². The predicted molar refractivity (Wildman–Crippen MR) is 90.6 cm³/mol. The van der Waals surface area contributed by atoms with Crippen LogP contribution >= 0.6 is 0 Å². The molecule has 1 unspecified atom stereocenters. The Morgan fingerprint density at radius 3 is 2.50 bits per heavy atom. The second kappa shape index (κ2) is 11.5. The molecule has 24 heavy (non-hydrogen) atoms. The van der Waals surface area contributed by atoms with Gasteiger partial charge in [-0.1, -0.05) is 44.2 Å². The number of nitrogens with one attached hydrogen (secondary N) is 1. The third-order valence-electron chi connectivity index (χ3n) is 3.30. The molecule has 1 amide bonds. The van der Waals surface area contributed by atoms with E-state index in [1.165, 1.54) is 0 Å². The van der Waals surface area contributed by atoms with E-state index in [1.54, 1.807) is 0 Å². The molecule has 0 aliphatic heterocycles. The average Bonchev–Trinajstić information content (AvgIpc) is 2.53. The summed E-state index contributed by atoms with van der Waals surface area (Å²) >= 11 is 0. The Hall–Kier alpha value is -2.08. The number of hydrogen-bond acceptors (Lipinski definition) is 4. The monoisotopic (exact) mass is 337 g/mol. The summed E-state index contributed by atoms with van der Waals surface area (Å²) in [6, 6.07) is 9.41. The zero-order chi connectivity index (χ0) is 17.8. The van der Waals surface area contributed by atoms with Crippen LogP contribution in [0, 0.1) is 11.8 Å². The van der Waals surface area contributed by atoms with Gasteiger partial charge in [-0.25, -0.2) is 4.79 Å². The number of carboxylic acids is 1. The van der Waals surface area contributed by atoms with Gasteiger partial charge >= 0.3 is 12.1 Å². The molecule has 1 aromatic carbocycles. The summed E-state index contributed by atoms with van der Waals surface area (Å²) in [6.07, 6.45) is 0.0555. The van der Waals surface area contributed by atoms with Crippen molar-refractivity contribution in [3.05, 3.63) is 35.9 Å². The highest BCUT2D eigenvalue weighted by Crippen LogP contribution is 2.10. The number of hydrogen-bond donors (Lipinski definition) is 2. The van der Waals surface area contributed by atoms with Crippen LogP contribution in [0.25, 0.3) is 0 Å². The lowest BCUT2D eigenvalue weighted by Crippen LogP contribution is -2.28. The minimum atomic E-state index is -0.861. The van der Waals surface area contributed by atoms with Crippen LogP contribution in [0.2, 0.25) is 0 Å². The maximum atomic E-state index is 11.6. The fraction of sp³-hybridized carbons (Fsp3) is 0.556. The maximum Gasteiger partial charge on any atom is 0.407 e. The molecule has 1 aromatic rings. The number of amides is 1. The van der Waals surface area contributed by atoms with Gasteiger partial charge in [0.1, 0.15) is 6.61 Å². The molecular weight excluding hydrogens is 310 g/mol. The van der Waals surface area contributed by atoms with Crippen molar-refractivity contribution >= 4 is 12.1 Å². The molecule has 1 rings (SSSR count). The lowest BCUT2D eigenvalue weighted by Gasteiger charge is -2.16. The van der Waals surface area contributed by atoms with Crippen molar-refractivity contribution in [3.63, 3.8) is 0 Å². The Balaban J connectivity index is 2.24. The van der Waals surface area contributed by atoms with Crippen LogP contribution in [0.15, 0.2) is 30.3 Å². The van der Waals surface area contributed by atoms with Crippen molar-refractivity contribution in [1.82, 2.24) is 5.32 Å². The number of carboxylic acid groups (broad SMARTS) is 1. The van der Waals surface area contributed by atoms with Crippen LogP contribution in [0.3, 0.4) is 0 Å². The number of carbonyl (C=O) groups excluding carboxylic acids is 1. The quantitative estimate of drug-likeness (QED) is 0.648. The third kappa shape index (κ3) is 9.84. The lowest BCUT2D eigenvalue weighted by molar-refractivity contribution is -0.138. The summed E-state index contributed by atoms with van der Waals surface area (Å²) < 4.78 is 10.6. The van der Waals surface area contributed by atoms with Crippen LogP contribution < -0.4 is 5.32 Å². The Bertz CT molecular complexity index is 489. The van der Waals surface area contributed by atoms with E-state index >= 15 is 0 Å². The van der Waals surface area contributed by atoms with Gasteiger partial charge in [-0.3, -0.25) is 4.79 Å². The zero-order valence-corrected chi connectivity index (χ0v) is 14.4. The number of aliphatic carboxylic acids is 1. The molecule has 1 atom stereocenters. The van der Waals surface area contributed by atoms with Crippen molar-refractivity contribution in [2.45, 2.75) is 33.3 Å². The van der Waals surface area contributed by atoms with Gasteiger partial charge in [0.15, 0.2) is 0 Å². The molecule has 0 aliphatic carbocycles. The molecular formula is C18H27NO5. The molecule has 6 nitrogen and oxygen atoms in total. The number of benzene rings is 1. The molecule has 0 heterocycles. The van der Waals surface area contributed by atoms with E-state index in [-0.39, 0.29) is 18.9 Å².